The zero-order valence-electron chi connectivity index (χ0n) is 12.0. The lowest BCUT2D eigenvalue weighted by Gasteiger charge is -2.54. The molecule has 21 heavy (non-hydrogen) atoms. The van der Waals surface area contributed by atoms with Gasteiger partial charge in [-0.25, -0.2) is 4.79 Å². The summed E-state index contributed by atoms with van der Waals surface area (Å²) >= 11 is 5.76. The first-order valence-corrected chi connectivity index (χ1v) is 7.97. The van der Waals surface area contributed by atoms with Gasteiger partial charge < -0.3 is 15.2 Å². The van der Waals surface area contributed by atoms with Crippen LogP contribution < -0.4 is 5.32 Å². The van der Waals surface area contributed by atoms with E-state index in [1.807, 2.05) is 12.2 Å². The highest BCUT2D eigenvalue weighted by molar-refractivity contribution is 6.18. The fourth-order valence-corrected chi connectivity index (χ4v) is 4.21. The first-order chi connectivity index (χ1) is 9.97. The molecule has 0 spiro atoms. The van der Waals surface area contributed by atoms with Crippen LogP contribution in [0.3, 0.4) is 0 Å². The SMILES string of the molecule is C[C@@]12OC(=O)[C@]1([C@@H](O)[C@@H]1C=CCCC1)NC(=O)[C@H]2CCCl. The van der Waals surface area contributed by atoms with Gasteiger partial charge in [0.15, 0.2) is 5.60 Å². The maximum atomic E-state index is 12.2. The molecule has 2 fully saturated rings. The number of aliphatic hydroxyl groups excluding tert-OH is 1. The van der Waals surface area contributed by atoms with Crippen molar-refractivity contribution < 1.29 is 19.4 Å². The summed E-state index contributed by atoms with van der Waals surface area (Å²) < 4.78 is 5.34. The molecule has 2 saturated heterocycles. The zero-order chi connectivity index (χ0) is 15.3. The highest BCUT2D eigenvalue weighted by atomic mass is 35.5. The molecule has 1 aliphatic carbocycles. The summed E-state index contributed by atoms with van der Waals surface area (Å²) in [5.41, 5.74) is -2.34. The number of carbonyl (C=O) groups is 2. The number of allylic oxidation sites excluding steroid dienone is 1. The predicted octanol–water partition coefficient (Wildman–Crippen LogP) is 1.13. The third kappa shape index (κ3) is 1.80. The molecular weight excluding hydrogens is 294 g/mol. The van der Waals surface area contributed by atoms with E-state index in [1.54, 1.807) is 6.92 Å². The molecule has 1 amide bonds. The Morgan fingerprint density at radius 3 is 2.90 bits per heavy atom. The van der Waals surface area contributed by atoms with Crippen LogP contribution in [0, 0.1) is 11.8 Å². The Balaban J connectivity index is 1.94. The van der Waals surface area contributed by atoms with Crippen molar-refractivity contribution in [1.82, 2.24) is 5.32 Å². The van der Waals surface area contributed by atoms with Crippen LogP contribution in [0.15, 0.2) is 12.2 Å². The molecule has 0 unspecified atom stereocenters. The second-order valence-corrected chi connectivity index (χ2v) is 6.67. The van der Waals surface area contributed by atoms with Crippen molar-refractivity contribution in [2.75, 3.05) is 5.88 Å². The van der Waals surface area contributed by atoms with Crippen molar-refractivity contribution in [1.29, 1.82) is 0 Å². The number of ether oxygens (including phenoxy) is 1. The van der Waals surface area contributed by atoms with E-state index in [0.717, 1.165) is 19.3 Å². The van der Waals surface area contributed by atoms with E-state index in [0.29, 0.717) is 12.3 Å². The molecule has 0 saturated carbocycles. The van der Waals surface area contributed by atoms with E-state index >= 15 is 0 Å². The molecule has 5 atom stereocenters. The standard InChI is InChI=1S/C15H20ClNO4/c1-14-10(7-8-16)12(19)17-15(14,13(20)21-14)11(18)9-5-3-2-4-6-9/h3,5,9-11,18H,2,4,6-8H2,1H3,(H,17,19)/t9-,10-,11+,14+,15+/m1/s1. The van der Waals surface area contributed by atoms with Gasteiger partial charge in [0.05, 0.1) is 12.0 Å². The fraction of sp³-hybridized carbons (Fsp3) is 0.733. The monoisotopic (exact) mass is 313 g/mol. The molecule has 2 N–H and O–H groups in total. The number of nitrogens with one attached hydrogen (secondary N) is 1. The smallest absolute Gasteiger partial charge is 0.339 e. The Kier molecular flexibility index (Phi) is 3.53. The molecule has 3 rings (SSSR count). The lowest BCUT2D eigenvalue weighted by atomic mass is 9.64. The predicted molar refractivity (Wildman–Crippen MR) is 76.7 cm³/mol. The number of hydrogen-bond acceptors (Lipinski definition) is 4. The number of hydrogen-bond donors (Lipinski definition) is 2. The van der Waals surface area contributed by atoms with Crippen molar-refractivity contribution in [3.05, 3.63) is 12.2 Å². The molecule has 0 bridgehead atoms. The maximum absolute atomic E-state index is 12.2. The van der Waals surface area contributed by atoms with E-state index < -0.39 is 29.1 Å². The molecule has 0 aromatic rings. The van der Waals surface area contributed by atoms with Crippen molar-refractivity contribution in [3.8, 4) is 0 Å². The lowest BCUT2D eigenvalue weighted by molar-refractivity contribution is -0.238. The van der Waals surface area contributed by atoms with E-state index in [4.69, 9.17) is 16.3 Å². The summed E-state index contributed by atoms with van der Waals surface area (Å²) in [6.45, 7) is 1.72. The first-order valence-electron chi connectivity index (χ1n) is 7.43. The molecule has 2 aliphatic heterocycles. The van der Waals surface area contributed by atoms with Crippen LogP contribution in [0.4, 0.5) is 0 Å². The minimum absolute atomic E-state index is 0.138. The maximum Gasteiger partial charge on any atom is 0.339 e. The lowest BCUT2D eigenvalue weighted by Crippen LogP contribution is -2.80. The van der Waals surface area contributed by atoms with Gasteiger partial charge in [-0.3, -0.25) is 4.79 Å². The minimum Gasteiger partial charge on any atom is -0.453 e. The Labute approximate surface area is 128 Å². The summed E-state index contributed by atoms with van der Waals surface area (Å²) in [6.07, 6.45) is 6.17. The average molecular weight is 314 g/mol. The van der Waals surface area contributed by atoms with Crippen LogP contribution in [0.5, 0.6) is 0 Å². The van der Waals surface area contributed by atoms with Gasteiger partial charge in [-0.1, -0.05) is 12.2 Å². The first kappa shape index (κ1) is 14.9. The topological polar surface area (TPSA) is 75.6 Å². The van der Waals surface area contributed by atoms with Gasteiger partial charge in [-0.2, -0.15) is 0 Å². The van der Waals surface area contributed by atoms with Crippen molar-refractivity contribution in [2.45, 2.75) is 49.9 Å². The van der Waals surface area contributed by atoms with Crippen molar-refractivity contribution in [3.63, 3.8) is 0 Å². The largest absolute Gasteiger partial charge is 0.453 e. The normalized spacial score (nSPS) is 42.8. The highest BCUT2D eigenvalue weighted by Gasteiger charge is 2.79. The van der Waals surface area contributed by atoms with E-state index in [1.165, 1.54) is 0 Å². The number of esters is 1. The Morgan fingerprint density at radius 2 is 2.33 bits per heavy atom. The molecule has 0 radical (unpaired) electrons. The zero-order valence-corrected chi connectivity index (χ0v) is 12.7. The van der Waals surface area contributed by atoms with Gasteiger partial charge in [-0.15, -0.1) is 11.6 Å². The quantitative estimate of drug-likeness (QED) is 0.463. The molecule has 2 heterocycles. The average Bonchev–Trinajstić information content (AvgIpc) is 2.65. The van der Waals surface area contributed by atoms with Gasteiger partial charge in [-0.05, 0) is 32.6 Å². The van der Waals surface area contributed by atoms with Crippen LogP contribution in [0.1, 0.15) is 32.6 Å². The number of aliphatic hydroxyl groups is 1. The van der Waals surface area contributed by atoms with Gasteiger partial charge in [0.1, 0.15) is 0 Å². The molecule has 0 aromatic carbocycles. The van der Waals surface area contributed by atoms with Crippen molar-refractivity contribution in [2.24, 2.45) is 11.8 Å². The number of amides is 1. The third-order valence-electron chi connectivity index (χ3n) is 5.25. The Hall–Kier alpha value is -1.07. The van der Waals surface area contributed by atoms with Crippen LogP contribution in [0.25, 0.3) is 0 Å². The summed E-state index contributed by atoms with van der Waals surface area (Å²) in [5, 5.41) is 13.5. The number of alkyl halides is 1. The van der Waals surface area contributed by atoms with Crippen molar-refractivity contribution >= 4 is 23.5 Å². The van der Waals surface area contributed by atoms with E-state index in [9.17, 15) is 14.7 Å². The molecule has 6 heteroatoms. The number of carbonyl (C=O) groups excluding carboxylic acids is 2. The van der Waals surface area contributed by atoms with Crippen LogP contribution in [-0.4, -0.2) is 40.1 Å². The summed E-state index contributed by atoms with van der Waals surface area (Å²) in [4.78, 5) is 24.4. The van der Waals surface area contributed by atoms with E-state index in [-0.39, 0.29) is 11.8 Å². The fourth-order valence-electron chi connectivity index (χ4n) is 3.99. The van der Waals surface area contributed by atoms with Gasteiger partial charge in [0.2, 0.25) is 11.4 Å². The summed E-state index contributed by atoms with van der Waals surface area (Å²) in [6, 6.07) is 0. The Bertz CT molecular complexity index is 508. The van der Waals surface area contributed by atoms with Crippen LogP contribution in [0.2, 0.25) is 0 Å². The summed E-state index contributed by atoms with van der Waals surface area (Å²) in [5.74, 6) is -1.14. The van der Waals surface area contributed by atoms with Crippen LogP contribution >= 0.6 is 11.6 Å². The number of rotatable bonds is 4. The summed E-state index contributed by atoms with van der Waals surface area (Å²) in [7, 11) is 0. The van der Waals surface area contributed by atoms with Gasteiger partial charge in [0, 0.05) is 11.8 Å². The molecule has 116 valence electrons. The van der Waals surface area contributed by atoms with Crippen LogP contribution in [-0.2, 0) is 14.3 Å². The van der Waals surface area contributed by atoms with E-state index in [2.05, 4.69) is 5.32 Å². The second-order valence-electron chi connectivity index (χ2n) is 6.29. The second kappa shape index (κ2) is 4.99. The molecule has 0 aromatic heterocycles. The molecule has 3 aliphatic rings. The van der Waals surface area contributed by atoms with Gasteiger partial charge >= 0.3 is 5.97 Å². The minimum atomic E-state index is -1.33. The number of fused-ring (bicyclic) bond motifs is 1. The number of halogens is 1. The molecule has 5 nitrogen and oxygen atoms in total. The van der Waals surface area contributed by atoms with Gasteiger partial charge in [0.25, 0.3) is 0 Å². The molecular formula is C15H20ClNO4. The highest BCUT2D eigenvalue weighted by Crippen LogP contribution is 2.53. The third-order valence-corrected chi connectivity index (χ3v) is 5.47. The Morgan fingerprint density at radius 1 is 1.57 bits per heavy atom.